The Morgan fingerprint density at radius 2 is 1.40 bits per heavy atom. The average molecular weight is 301 g/mol. The van der Waals surface area contributed by atoms with Crippen LogP contribution in [-0.4, -0.2) is 17.7 Å². The third kappa shape index (κ3) is 14.1. The van der Waals surface area contributed by atoms with E-state index in [1.54, 1.807) is 0 Å². The van der Waals surface area contributed by atoms with Gasteiger partial charge in [0.05, 0.1) is 0 Å². The first kappa shape index (κ1) is 19.7. The quantitative estimate of drug-likeness (QED) is 0.362. The first-order chi connectivity index (χ1) is 9.70. The van der Waals surface area contributed by atoms with Gasteiger partial charge >= 0.3 is 0 Å². The number of hydrogen-bond donors (Lipinski definition) is 2. The molecule has 0 aromatic rings. The number of thiocarbonyl (C=S) groups is 1. The van der Waals surface area contributed by atoms with Gasteiger partial charge < -0.3 is 10.6 Å². The van der Waals surface area contributed by atoms with Crippen molar-refractivity contribution < 1.29 is 0 Å². The summed E-state index contributed by atoms with van der Waals surface area (Å²) in [5, 5.41) is 7.54. The van der Waals surface area contributed by atoms with Gasteiger partial charge in [0.25, 0.3) is 0 Å². The molecule has 0 aromatic carbocycles. The Hall–Kier alpha value is -0.310. The number of nitrogens with one attached hydrogen (secondary N) is 2. The molecule has 0 spiro atoms. The van der Waals surface area contributed by atoms with E-state index in [0.717, 1.165) is 11.7 Å². The van der Waals surface area contributed by atoms with Crippen LogP contribution >= 0.6 is 12.2 Å². The van der Waals surface area contributed by atoms with Gasteiger partial charge in [-0.15, -0.1) is 0 Å². The lowest BCUT2D eigenvalue weighted by Gasteiger charge is -2.16. The molecule has 0 fully saturated rings. The van der Waals surface area contributed by atoms with Crippen molar-refractivity contribution in [2.24, 2.45) is 0 Å². The molecule has 0 heterocycles. The maximum absolute atomic E-state index is 5.32. The molecule has 20 heavy (non-hydrogen) atoms. The van der Waals surface area contributed by atoms with Crippen LogP contribution in [0, 0.1) is 0 Å². The first-order valence-corrected chi connectivity index (χ1v) is 9.15. The topological polar surface area (TPSA) is 24.1 Å². The van der Waals surface area contributed by atoms with Gasteiger partial charge in [-0.3, -0.25) is 0 Å². The minimum absolute atomic E-state index is 0.496. The number of hydrogen-bond acceptors (Lipinski definition) is 1. The van der Waals surface area contributed by atoms with Crippen molar-refractivity contribution >= 4 is 17.3 Å². The van der Waals surface area contributed by atoms with E-state index in [-0.39, 0.29) is 0 Å². The maximum atomic E-state index is 5.32. The van der Waals surface area contributed by atoms with Crippen LogP contribution in [0.4, 0.5) is 0 Å². The fourth-order valence-corrected chi connectivity index (χ4v) is 2.63. The molecule has 2 nitrogen and oxygen atoms in total. The summed E-state index contributed by atoms with van der Waals surface area (Å²) >= 11 is 5.32. The van der Waals surface area contributed by atoms with Crippen molar-refractivity contribution in [3.05, 3.63) is 0 Å². The molecule has 0 amide bonds. The summed E-state index contributed by atoms with van der Waals surface area (Å²) in [6.45, 7) is 7.74. The molecule has 0 saturated heterocycles. The van der Waals surface area contributed by atoms with Gasteiger partial charge in [-0.05, 0) is 32.0 Å². The van der Waals surface area contributed by atoms with Crippen LogP contribution in [0.15, 0.2) is 0 Å². The van der Waals surface area contributed by atoms with Crippen molar-refractivity contribution in [2.75, 3.05) is 6.54 Å². The Kier molecular flexibility index (Phi) is 14.9. The second-order valence-corrected chi connectivity index (χ2v) is 6.33. The van der Waals surface area contributed by atoms with Crippen LogP contribution < -0.4 is 10.6 Å². The molecule has 1 unspecified atom stereocenters. The predicted octanol–water partition coefficient (Wildman–Crippen LogP) is 5.17. The van der Waals surface area contributed by atoms with E-state index in [1.165, 1.54) is 70.6 Å². The molecule has 120 valence electrons. The summed E-state index contributed by atoms with van der Waals surface area (Å²) in [6.07, 6.45) is 14.6. The zero-order valence-electron chi connectivity index (χ0n) is 14.0. The van der Waals surface area contributed by atoms with Gasteiger partial charge in [0, 0.05) is 12.6 Å². The fraction of sp³-hybridized carbons (Fsp3) is 0.941. The van der Waals surface area contributed by atoms with E-state index in [9.17, 15) is 0 Å². The average Bonchev–Trinajstić information content (AvgIpc) is 2.42. The standard InChI is InChI=1S/C17H36N2S/c1-4-6-8-9-10-11-13-15-18-17(20)19-16(3)14-12-7-5-2/h16H,4-15H2,1-3H3,(H2,18,19,20). The van der Waals surface area contributed by atoms with Crippen molar-refractivity contribution in [3.8, 4) is 0 Å². The van der Waals surface area contributed by atoms with E-state index in [1.807, 2.05) is 0 Å². The highest BCUT2D eigenvalue weighted by molar-refractivity contribution is 7.80. The van der Waals surface area contributed by atoms with E-state index < -0.39 is 0 Å². The third-order valence-electron chi connectivity index (χ3n) is 3.68. The Morgan fingerprint density at radius 1 is 0.850 bits per heavy atom. The van der Waals surface area contributed by atoms with Crippen molar-refractivity contribution in [1.82, 2.24) is 10.6 Å². The molecule has 0 radical (unpaired) electrons. The lowest BCUT2D eigenvalue weighted by molar-refractivity contribution is 0.547. The SMILES string of the molecule is CCCCCCCCCNC(=S)NC(C)CCCCC. The largest absolute Gasteiger partial charge is 0.363 e. The summed E-state index contributed by atoms with van der Waals surface area (Å²) in [5.74, 6) is 0. The van der Waals surface area contributed by atoms with Crippen LogP contribution in [0.2, 0.25) is 0 Å². The highest BCUT2D eigenvalue weighted by Gasteiger charge is 2.03. The Morgan fingerprint density at radius 3 is 2.05 bits per heavy atom. The second-order valence-electron chi connectivity index (χ2n) is 5.92. The predicted molar refractivity (Wildman–Crippen MR) is 95.3 cm³/mol. The highest BCUT2D eigenvalue weighted by atomic mass is 32.1. The molecular weight excluding hydrogens is 264 g/mol. The van der Waals surface area contributed by atoms with Gasteiger partial charge in [-0.2, -0.15) is 0 Å². The molecule has 2 N–H and O–H groups in total. The maximum Gasteiger partial charge on any atom is 0.166 e. The zero-order valence-corrected chi connectivity index (χ0v) is 14.8. The van der Waals surface area contributed by atoms with Gasteiger partial charge in [-0.1, -0.05) is 71.6 Å². The molecular formula is C17H36N2S. The molecule has 0 bridgehead atoms. The van der Waals surface area contributed by atoms with Crippen molar-refractivity contribution in [1.29, 1.82) is 0 Å². The van der Waals surface area contributed by atoms with Crippen molar-refractivity contribution in [3.63, 3.8) is 0 Å². The Bertz CT molecular complexity index is 219. The lowest BCUT2D eigenvalue weighted by Crippen LogP contribution is -2.40. The molecule has 0 aliphatic carbocycles. The van der Waals surface area contributed by atoms with Crippen molar-refractivity contribution in [2.45, 2.75) is 97.4 Å². The molecule has 1 atom stereocenters. The van der Waals surface area contributed by atoms with Gasteiger partial charge in [0.15, 0.2) is 5.11 Å². The zero-order chi connectivity index (χ0) is 15.1. The number of rotatable bonds is 13. The van der Waals surface area contributed by atoms with Crippen LogP contribution in [0.3, 0.4) is 0 Å². The Balaban J connectivity index is 3.31. The van der Waals surface area contributed by atoms with Crippen LogP contribution in [0.1, 0.15) is 91.4 Å². The molecule has 0 aliphatic heterocycles. The van der Waals surface area contributed by atoms with E-state index >= 15 is 0 Å². The highest BCUT2D eigenvalue weighted by Crippen LogP contribution is 2.06. The fourth-order valence-electron chi connectivity index (χ4n) is 2.33. The minimum Gasteiger partial charge on any atom is -0.363 e. The van der Waals surface area contributed by atoms with Gasteiger partial charge in [0.1, 0.15) is 0 Å². The summed E-state index contributed by atoms with van der Waals surface area (Å²) < 4.78 is 0. The van der Waals surface area contributed by atoms with Crippen LogP contribution in [0.25, 0.3) is 0 Å². The second kappa shape index (κ2) is 15.1. The Labute approximate surface area is 132 Å². The normalized spacial score (nSPS) is 12.2. The summed E-state index contributed by atoms with van der Waals surface area (Å²) in [5.41, 5.74) is 0. The van der Waals surface area contributed by atoms with Gasteiger partial charge in [0.2, 0.25) is 0 Å². The summed E-state index contributed by atoms with van der Waals surface area (Å²) in [6, 6.07) is 0.496. The van der Waals surface area contributed by atoms with E-state index in [2.05, 4.69) is 31.4 Å². The number of unbranched alkanes of at least 4 members (excludes halogenated alkanes) is 8. The van der Waals surface area contributed by atoms with Crippen LogP contribution in [-0.2, 0) is 0 Å². The molecule has 0 saturated carbocycles. The molecule has 0 rings (SSSR count). The van der Waals surface area contributed by atoms with Crippen LogP contribution in [0.5, 0.6) is 0 Å². The monoisotopic (exact) mass is 300 g/mol. The van der Waals surface area contributed by atoms with Gasteiger partial charge in [-0.25, -0.2) is 0 Å². The van der Waals surface area contributed by atoms with E-state index in [4.69, 9.17) is 12.2 Å². The molecule has 3 heteroatoms. The summed E-state index contributed by atoms with van der Waals surface area (Å²) in [4.78, 5) is 0. The molecule has 0 aliphatic rings. The summed E-state index contributed by atoms with van der Waals surface area (Å²) in [7, 11) is 0. The molecule has 0 aromatic heterocycles. The van der Waals surface area contributed by atoms with E-state index in [0.29, 0.717) is 6.04 Å². The third-order valence-corrected chi connectivity index (χ3v) is 3.95. The smallest absolute Gasteiger partial charge is 0.166 e. The minimum atomic E-state index is 0.496. The lowest BCUT2D eigenvalue weighted by atomic mass is 10.1. The first-order valence-electron chi connectivity index (χ1n) is 8.75.